The molecule has 1 aromatic rings. The Kier molecular flexibility index (Phi) is 6.02. The van der Waals surface area contributed by atoms with Crippen molar-refractivity contribution in [2.45, 2.75) is 6.92 Å². The minimum Gasteiger partial charge on any atom is -0.375 e. The highest BCUT2D eigenvalue weighted by Crippen LogP contribution is 2.09. The number of rotatable bonds is 7. The molecule has 0 fully saturated rings. The molecule has 104 valence electrons. The maximum atomic E-state index is 11.9. The van der Waals surface area contributed by atoms with Crippen molar-refractivity contribution in [1.82, 2.24) is 10.3 Å². The van der Waals surface area contributed by atoms with Crippen LogP contribution in [0.2, 0.25) is 0 Å². The third-order valence-electron chi connectivity index (χ3n) is 2.35. The number of anilines is 1. The van der Waals surface area contributed by atoms with Crippen LogP contribution in [0.4, 0.5) is 5.82 Å². The number of carbonyl (C=O) groups is 1. The predicted molar refractivity (Wildman–Crippen MR) is 76.5 cm³/mol. The molecular weight excluding hydrogens is 242 g/mol. The largest absolute Gasteiger partial charge is 0.375 e. The molecule has 1 N–H and O–H groups in total. The van der Waals surface area contributed by atoms with Crippen LogP contribution in [-0.2, 0) is 4.74 Å². The van der Waals surface area contributed by atoms with E-state index in [4.69, 9.17) is 4.74 Å². The normalized spacial score (nSPS) is 10.1. The van der Waals surface area contributed by atoms with E-state index in [0.29, 0.717) is 25.3 Å². The van der Waals surface area contributed by atoms with Gasteiger partial charge in [0.25, 0.3) is 5.91 Å². The van der Waals surface area contributed by atoms with Gasteiger partial charge in [-0.1, -0.05) is 12.2 Å². The van der Waals surface area contributed by atoms with E-state index in [1.807, 2.05) is 25.9 Å². The van der Waals surface area contributed by atoms with Crippen LogP contribution in [0.25, 0.3) is 0 Å². The summed E-state index contributed by atoms with van der Waals surface area (Å²) in [5.74, 6) is 0.635. The van der Waals surface area contributed by atoms with E-state index in [1.165, 1.54) is 0 Å². The zero-order valence-corrected chi connectivity index (χ0v) is 11.8. The van der Waals surface area contributed by atoms with E-state index in [1.54, 1.807) is 18.3 Å². The van der Waals surface area contributed by atoms with Gasteiger partial charge in [-0.15, -0.1) is 0 Å². The predicted octanol–water partition coefficient (Wildman–Crippen LogP) is 1.47. The molecular formula is C14H21N3O2. The average molecular weight is 263 g/mol. The molecule has 0 aromatic carbocycles. The summed E-state index contributed by atoms with van der Waals surface area (Å²) in [6, 6.07) is 3.45. The number of hydrogen-bond donors (Lipinski definition) is 1. The van der Waals surface area contributed by atoms with Gasteiger partial charge >= 0.3 is 0 Å². The average Bonchev–Trinajstić information content (AvgIpc) is 2.37. The highest BCUT2D eigenvalue weighted by atomic mass is 16.5. The molecule has 0 aliphatic rings. The van der Waals surface area contributed by atoms with Crippen molar-refractivity contribution in [1.29, 1.82) is 0 Å². The molecule has 5 nitrogen and oxygen atoms in total. The van der Waals surface area contributed by atoms with Gasteiger partial charge in [0.05, 0.1) is 13.2 Å². The second-order valence-corrected chi connectivity index (χ2v) is 4.56. The molecule has 1 amide bonds. The molecule has 1 heterocycles. The molecule has 1 aromatic heterocycles. The number of aromatic nitrogens is 1. The molecule has 19 heavy (non-hydrogen) atoms. The van der Waals surface area contributed by atoms with Gasteiger partial charge in [-0.3, -0.25) is 4.79 Å². The van der Waals surface area contributed by atoms with Crippen molar-refractivity contribution >= 4 is 11.7 Å². The van der Waals surface area contributed by atoms with E-state index in [0.717, 1.165) is 11.4 Å². The van der Waals surface area contributed by atoms with Gasteiger partial charge in [-0.05, 0) is 19.1 Å². The van der Waals surface area contributed by atoms with Crippen molar-refractivity contribution in [3.05, 3.63) is 36.0 Å². The monoisotopic (exact) mass is 263 g/mol. The number of hydrogen-bond acceptors (Lipinski definition) is 4. The first-order valence-electron chi connectivity index (χ1n) is 6.14. The fraction of sp³-hybridized carbons (Fsp3) is 0.429. The molecule has 0 saturated heterocycles. The summed E-state index contributed by atoms with van der Waals surface area (Å²) in [4.78, 5) is 17.9. The molecule has 0 bridgehead atoms. The van der Waals surface area contributed by atoms with Crippen LogP contribution in [0.15, 0.2) is 30.5 Å². The van der Waals surface area contributed by atoms with Gasteiger partial charge in [-0.25, -0.2) is 4.98 Å². The van der Waals surface area contributed by atoms with Gasteiger partial charge in [0.1, 0.15) is 5.82 Å². The number of pyridine rings is 1. The highest BCUT2D eigenvalue weighted by Gasteiger charge is 2.07. The lowest BCUT2D eigenvalue weighted by atomic mass is 10.2. The second-order valence-electron chi connectivity index (χ2n) is 4.56. The lowest BCUT2D eigenvalue weighted by Gasteiger charge is -2.12. The maximum absolute atomic E-state index is 11.9. The van der Waals surface area contributed by atoms with Gasteiger partial charge < -0.3 is 15.0 Å². The summed E-state index contributed by atoms with van der Waals surface area (Å²) >= 11 is 0. The molecule has 5 heteroatoms. The van der Waals surface area contributed by atoms with E-state index >= 15 is 0 Å². The Morgan fingerprint density at radius 3 is 2.89 bits per heavy atom. The third-order valence-corrected chi connectivity index (χ3v) is 2.35. The molecule has 0 radical (unpaired) electrons. The zero-order valence-electron chi connectivity index (χ0n) is 11.8. The Morgan fingerprint density at radius 2 is 2.26 bits per heavy atom. The summed E-state index contributed by atoms with van der Waals surface area (Å²) in [6.07, 6.45) is 1.63. The molecule has 0 atom stereocenters. The number of nitrogens with zero attached hydrogens (tertiary/aromatic N) is 2. The van der Waals surface area contributed by atoms with Crippen LogP contribution in [0.1, 0.15) is 17.3 Å². The summed E-state index contributed by atoms with van der Waals surface area (Å²) in [5, 5.41) is 2.80. The minimum atomic E-state index is -0.121. The van der Waals surface area contributed by atoms with Crippen molar-refractivity contribution in [3.63, 3.8) is 0 Å². The fourth-order valence-corrected chi connectivity index (χ4v) is 1.39. The van der Waals surface area contributed by atoms with Crippen LogP contribution in [-0.4, -0.2) is 44.7 Å². The van der Waals surface area contributed by atoms with Crippen molar-refractivity contribution in [2.24, 2.45) is 0 Å². The quantitative estimate of drug-likeness (QED) is 0.598. The summed E-state index contributed by atoms with van der Waals surface area (Å²) in [5.41, 5.74) is 1.56. The first-order chi connectivity index (χ1) is 9.00. The first-order valence-corrected chi connectivity index (χ1v) is 6.14. The summed E-state index contributed by atoms with van der Waals surface area (Å²) in [7, 11) is 3.77. The topological polar surface area (TPSA) is 54.5 Å². The summed E-state index contributed by atoms with van der Waals surface area (Å²) < 4.78 is 5.31. The Labute approximate surface area is 114 Å². The molecule has 0 aliphatic carbocycles. The lowest BCUT2D eigenvalue weighted by molar-refractivity contribution is 0.0926. The Morgan fingerprint density at radius 1 is 1.53 bits per heavy atom. The van der Waals surface area contributed by atoms with Gasteiger partial charge in [0, 0.05) is 32.4 Å². The molecule has 0 aliphatic heterocycles. The minimum absolute atomic E-state index is 0.121. The smallest absolute Gasteiger partial charge is 0.251 e. The molecule has 0 unspecified atom stereocenters. The number of ether oxygens (including phenoxy) is 1. The lowest BCUT2D eigenvalue weighted by Crippen LogP contribution is -2.27. The van der Waals surface area contributed by atoms with Crippen LogP contribution in [0, 0.1) is 0 Å². The zero-order chi connectivity index (χ0) is 14.3. The number of amides is 1. The molecule has 1 rings (SSSR count). The standard InChI is InChI=1S/C14H21N3O2/c1-11(2)10-19-8-7-16-14(18)12-5-6-15-13(9-12)17(3)4/h5-6,9H,1,7-8,10H2,2-4H3,(H,16,18). The van der Waals surface area contributed by atoms with E-state index in [9.17, 15) is 4.79 Å². The van der Waals surface area contributed by atoms with Gasteiger partial charge in [0.15, 0.2) is 0 Å². The summed E-state index contributed by atoms with van der Waals surface area (Å²) in [6.45, 7) is 7.12. The fourth-order valence-electron chi connectivity index (χ4n) is 1.39. The Balaban J connectivity index is 2.41. The highest BCUT2D eigenvalue weighted by molar-refractivity contribution is 5.94. The molecule has 0 spiro atoms. The van der Waals surface area contributed by atoms with Gasteiger partial charge in [0.2, 0.25) is 0 Å². The number of carbonyl (C=O) groups excluding carboxylic acids is 1. The first kappa shape index (κ1) is 15.2. The van der Waals surface area contributed by atoms with E-state index in [-0.39, 0.29) is 5.91 Å². The van der Waals surface area contributed by atoms with Crippen LogP contribution in [0.3, 0.4) is 0 Å². The van der Waals surface area contributed by atoms with E-state index in [2.05, 4.69) is 16.9 Å². The van der Waals surface area contributed by atoms with Crippen LogP contribution in [0.5, 0.6) is 0 Å². The van der Waals surface area contributed by atoms with Crippen molar-refractivity contribution < 1.29 is 9.53 Å². The van der Waals surface area contributed by atoms with Crippen molar-refractivity contribution in [3.8, 4) is 0 Å². The maximum Gasteiger partial charge on any atom is 0.251 e. The van der Waals surface area contributed by atoms with Gasteiger partial charge in [-0.2, -0.15) is 0 Å². The van der Waals surface area contributed by atoms with Crippen LogP contribution >= 0.6 is 0 Å². The molecule has 0 saturated carbocycles. The third kappa shape index (κ3) is 5.52. The van der Waals surface area contributed by atoms with Crippen LogP contribution < -0.4 is 10.2 Å². The SMILES string of the molecule is C=C(C)COCCNC(=O)c1ccnc(N(C)C)c1. The Hall–Kier alpha value is -1.88. The van der Waals surface area contributed by atoms with Crippen molar-refractivity contribution in [2.75, 3.05) is 38.8 Å². The second kappa shape index (κ2) is 7.53. The Bertz CT molecular complexity index is 444. The van der Waals surface area contributed by atoms with E-state index < -0.39 is 0 Å². The number of nitrogens with one attached hydrogen (secondary N) is 1.